The highest BCUT2D eigenvalue weighted by Crippen LogP contribution is 2.30. The van der Waals surface area contributed by atoms with Crippen LogP contribution in [0.2, 0.25) is 5.02 Å². The maximum Gasteiger partial charge on any atom is 0.265 e. The van der Waals surface area contributed by atoms with Crippen molar-refractivity contribution in [3.05, 3.63) is 46.3 Å². The van der Waals surface area contributed by atoms with Gasteiger partial charge in [-0.3, -0.25) is 9.12 Å². The van der Waals surface area contributed by atoms with Crippen LogP contribution in [0.1, 0.15) is 0 Å². The number of hydrogen-bond donors (Lipinski definition) is 1. The number of nitrogens with one attached hydrogen (secondary N) is 1. The number of fused-ring (bicyclic) bond motifs is 1. The molecule has 0 saturated heterocycles. The van der Waals surface area contributed by atoms with E-state index in [0.29, 0.717) is 10.1 Å². The summed E-state index contributed by atoms with van der Waals surface area (Å²) in [4.78, 5) is -0.0647. The van der Waals surface area contributed by atoms with Crippen molar-refractivity contribution in [1.82, 2.24) is 14.6 Å². The first-order valence-corrected chi connectivity index (χ1v) is 8.91. The Morgan fingerprint density at radius 1 is 1.35 bits per heavy atom. The number of hydrogen-bond acceptors (Lipinski definition) is 5. The van der Waals surface area contributed by atoms with Crippen LogP contribution < -0.4 is 9.46 Å². The van der Waals surface area contributed by atoms with Gasteiger partial charge in [-0.25, -0.2) is 8.42 Å². The minimum Gasteiger partial charge on any atom is -0.495 e. The standard InChI is InChI=1S/C13H10BrClN4O3S/c1-22-11-3-2-9(15)5-12(11)23(20,21)18-10-4-8(14)6-19-7-16-17-13(10)19/h2-7,18H,1H3. The molecule has 1 N–H and O–H groups in total. The number of rotatable bonds is 4. The lowest BCUT2D eigenvalue weighted by molar-refractivity contribution is 0.403. The monoisotopic (exact) mass is 416 g/mol. The number of pyridine rings is 1. The van der Waals surface area contributed by atoms with Crippen LogP contribution in [0.25, 0.3) is 5.65 Å². The molecule has 0 atom stereocenters. The SMILES string of the molecule is COc1ccc(Cl)cc1S(=O)(=O)Nc1cc(Br)cn2cnnc12. The average molecular weight is 418 g/mol. The molecule has 1 aromatic carbocycles. The molecule has 23 heavy (non-hydrogen) atoms. The van der Waals surface area contributed by atoms with Gasteiger partial charge in [-0.2, -0.15) is 0 Å². The third kappa shape index (κ3) is 3.12. The van der Waals surface area contributed by atoms with Crippen LogP contribution in [0, 0.1) is 0 Å². The van der Waals surface area contributed by atoms with Gasteiger partial charge in [-0.15, -0.1) is 10.2 Å². The van der Waals surface area contributed by atoms with Crippen molar-refractivity contribution in [1.29, 1.82) is 0 Å². The van der Waals surface area contributed by atoms with E-state index in [1.165, 1.54) is 25.6 Å². The van der Waals surface area contributed by atoms with Gasteiger partial charge in [0.05, 0.1) is 12.8 Å². The fraction of sp³-hybridized carbons (Fsp3) is 0.0769. The van der Waals surface area contributed by atoms with E-state index < -0.39 is 10.0 Å². The smallest absolute Gasteiger partial charge is 0.265 e. The van der Waals surface area contributed by atoms with Gasteiger partial charge in [0.15, 0.2) is 5.65 Å². The predicted molar refractivity (Wildman–Crippen MR) is 89.5 cm³/mol. The lowest BCUT2D eigenvalue weighted by atomic mass is 10.3. The molecule has 0 unspecified atom stereocenters. The summed E-state index contributed by atoms with van der Waals surface area (Å²) in [5.74, 6) is 0.189. The molecular weight excluding hydrogens is 408 g/mol. The molecule has 0 saturated carbocycles. The zero-order chi connectivity index (χ0) is 16.6. The highest BCUT2D eigenvalue weighted by Gasteiger charge is 2.22. The molecule has 0 fully saturated rings. The van der Waals surface area contributed by atoms with Crippen molar-refractivity contribution in [2.75, 3.05) is 11.8 Å². The minimum atomic E-state index is -3.93. The van der Waals surface area contributed by atoms with Crippen LogP contribution in [0.15, 0.2) is 46.2 Å². The first kappa shape index (κ1) is 16.0. The third-order valence-corrected chi connectivity index (χ3v) is 5.07. The quantitative estimate of drug-likeness (QED) is 0.705. The first-order chi connectivity index (χ1) is 10.9. The zero-order valence-corrected chi connectivity index (χ0v) is 14.9. The van der Waals surface area contributed by atoms with Gasteiger partial charge < -0.3 is 4.74 Å². The molecule has 0 radical (unpaired) electrons. The maximum absolute atomic E-state index is 12.7. The fourth-order valence-corrected chi connectivity index (χ4v) is 3.97. The molecule has 7 nitrogen and oxygen atoms in total. The lowest BCUT2D eigenvalue weighted by Crippen LogP contribution is -2.15. The Kier molecular flexibility index (Phi) is 4.17. The van der Waals surface area contributed by atoms with E-state index in [0.717, 1.165) is 0 Å². The summed E-state index contributed by atoms with van der Waals surface area (Å²) >= 11 is 9.22. The largest absolute Gasteiger partial charge is 0.495 e. The Balaban J connectivity index is 2.11. The number of ether oxygens (including phenoxy) is 1. The molecule has 0 amide bonds. The van der Waals surface area contributed by atoms with E-state index >= 15 is 0 Å². The molecule has 0 aliphatic carbocycles. The van der Waals surface area contributed by atoms with E-state index in [1.807, 2.05) is 0 Å². The van der Waals surface area contributed by atoms with Crippen LogP contribution in [-0.2, 0) is 10.0 Å². The van der Waals surface area contributed by atoms with E-state index in [1.54, 1.807) is 22.7 Å². The van der Waals surface area contributed by atoms with E-state index in [4.69, 9.17) is 16.3 Å². The second-order valence-corrected chi connectivity index (χ2v) is 7.54. The fourth-order valence-electron chi connectivity index (χ4n) is 2.04. The number of anilines is 1. The molecule has 2 aromatic heterocycles. The molecule has 10 heteroatoms. The summed E-state index contributed by atoms with van der Waals surface area (Å²) in [6.45, 7) is 0. The van der Waals surface area contributed by atoms with E-state index in [2.05, 4.69) is 30.8 Å². The van der Waals surface area contributed by atoms with E-state index in [-0.39, 0.29) is 21.4 Å². The average Bonchev–Trinajstić information content (AvgIpc) is 2.95. The summed E-state index contributed by atoms with van der Waals surface area (Å²) in [5.41, 5.74) is 0.650. The van der Waals surface area contributed by atoms with Gasteiger partial charge in [0.2, 0.25) is 0 Å². The van der Waals surface area contributed by atoms with Crippen LogP contribution in [-0.4, -0.2) is 30.1 Å². The highest BCUT2D eigenvalue weighted by molar-refractivity contribution is 9.10. The summed E-state index contributed by atoms with van der Waals surface area (Å²) in [6, 6.07) is 5.96. The van der Waals surface area contributed by atoms with Gasteiger partial charge >= 0.3 is 0 Å². The van der Waals surface area contributed by atoms with Crippen molar-refractivity contribution in [3.8, 4) is 5.75 Å². The topological polar surface area (TPSA) is 85.6 Å². The van der Waals surface area contributed by atoms with Crippen molar-refractivity contribution >= 4 is 48.9 Å². The van der Waals surface area contributed by atoms with Gasteiger partial charge in [-0.05, 0) is 40.2 Å². The highest BCUT2D eigenvalue weighted by atomic mass is 79.9. The van der Waals surface area contributed by atoms with Gasteiger partial charge in [0.1, 0.15) is 17.0 Å². The predicted octanol–water partition coefficient (Wildman–Crippen LogP) is 2.95. The second-order valence-electron chi connectivity index (χ2n) is 4.53. The molecule has 120 valence electrons. The Labute approximate surface area is 145 Å². The lowest BCUT2D eigenvalue weighted by Gasteiger charge is -2.12. The maximum atomic E-state index is 12.7. The van der Waals surface area contributed by atoms with Crippen LogP contribution in [0.4, 0.5) is 5.69 Å². The van der Waals surface area contributed by atoms with Crippen LogP contribution in [0.5, 0.6) is 5.75 Å². The number of benzene rings is 1. The molecule has 3 rings (SSSR count). The Morgan fingerprint density at radius 3 is 2.87 bits per heavy atom. The third-order valence-electron chi connectivity index (χ3n) is 3.02. The Hall–Kier alpha value is -1.84. The number of methoxy groups -OCH3 is 1. The molecule has 0 aliphatic rings. The number of sulfonamides is 1. The van der Waals surface area contributed by atoms with Crippen LogP contribution >= 0.6 is 27.5 Å². The summed E-state index contributed by atoms with van der Waals surface area (Å²) in [6.07, 6.45) is 3.19. The molecular formula is C13H10BrClN4O3S. The molecule has 2 heterocycles. The molecule has 0 bridgehead atoms. The van der Waals surface area contributed by atoms with Crippen molar-refractivity contribution in [2.45, 2.75) is 4.90 Å². The van der Waals surface area contributed by atoms with Crippen molar-refractivity contribution < 1.29 is 13.2 Å². The van der Waals surface area contributed by atoms with Gasteiger partial charge in [0.25, 0.3) is 10.0 Å². The molecule has 3 aromatic rings. The molecule has 0 aliphatic heterocycles. The van der Waals surface area contributed by atoms with Gasteiger partial charge in [0, 0.05) is 15.7 Å². The number of nitrogens with zero attached hydrogens (tertiary/aromatic N) is 3. The Morgan fingerprint density at radius 2 is 2.13 bits per heavy atom. The zero-order valence-electron chi connectivity index (χ0n) is 11.7. The summed E-state index contributed by atoms with van der Waals surface area (Å²) in [5, 5.41) is 7.96. The normalized spacial score (nSPS) is 11.6. The van der Waals surface area contributed by atoms with E-state index in [9.17, 15) is 8.42 Å². The first-order valence-electron chi connectivity index (χ1n) is 6.26. The van der Waals surface area contributed by atoms with Crippen molar-refractivity contribution in [3.63, 3.8) is 0 Å². The number of halogens is 2. The Bertz CT molecular complexity index is 990. The summed E-state index contributed by atoms with van der Waals surface area (Å²) in [7, 11) is -2.54. The summed E-state index contributed by atoms with van der Waals surface area (Å²) < 4.78 is 35.2. The van der Waals surface area contributed by atoms with Gasteiger partial charge in [-0.1, -0.05) is 11.6 Å². The van der Waals surface area contributed by atoms with Crippen LogP contribution in [0.3, 0.4) is 0 Å². The number of aromatic nitrogens is 3. The molecule has 0 spiro atoms. The second kappa shape index (κ2) is 5.99. The minimum absolute atomic E-state index is 0.0647. The van der Waals surface area contributed by atoms with Crippen molar-refractivity contribution in [2.24, 2.45) is 0 Å².